The van der Waals surface area contributed by atoms with E-state index >= 15 is 0 Å². The largest absolute Gasteiger partial charge is 0.324 e. The Kier molecular flexibility index (Phi) is 9.62. The number of benzene rings is 3. The van der Waals surface area contributed by atoms with E-state index in [-0.39, 0.29) is 22.4 Å². The maximum atomic E-state index is 13.2. The first-order valence-corrected chi connectivity index (χ1v) is 13.9. The molecule has 4 rings (SSSR count). The molecule has 1 heterocycles. The zero-order valence-electron chi connectivity index (χ0n) is 19.7. The predicted molar refractivity (Wildman–Crippen MR) is 157 cm³/mol. The highest BCUT2D eigenvalue weighted by molar-refractivity contribution is 8.00. The van der Waals surface area contributed by atoms with Crippen LogP contribution in [0.2, 0.25) is 10.0 Å². The number of rotatable bonds is 9. The van der Waals surface area contributed by atoms with Crippen LogP contribution in [-0.4, -0.2) is 23.5 Å². The van der Waals surface area contributed by atoms with E-state index in [1.54, 1.807) is 66.7 Å². The van der Waals surface area contributed by atoms with Crippen molar-refractivity contribution in [2.75, 3.05) is 16.4 Å². The quantitative estimate of drug-likeness (QED) is 0.144. The first-order chi connectivity index (χ1) is 18.4. The van der Waals surface area contributed by atoms with Crippen LogP contribution in [0.25, 0.3) is 6.08 Å². The summed E-state index contributed by atoms with van der Waals surface area (Å²) >= 11 is 14.9. The molecule has 1 aromatic heterocycles. The van der Waals surface area contributed by atoms with Crippen molar-refractivity contribution in [3.8, 4) is 0 Å². The van der Waals surface area contributed by atoms with Gasteiger partial charge in [-0.15, -0.1) is 23.1 Å². The number of thioether (sulfide) groups is 1. The second kappa shape index (κ2) is 13.3. The highest BCUT2D eigenvalue weighted by Crippen LogP contribution is 2.30. The summed E-state index contributed by atoms with van der Waals surface area (Å²) in [5.74, 6) is -0.994. The molecule has 0 spiro atoms. The van der Waals surface area contributed by atoms with Gasteiger partial charge in [-0.25, -0.2) is 0 Å². The second-order valence-electron chi connectivity index (χ2n) is 7.81. The number of hydrogen-bond donors (Lipinski definition) is 3. The van der Waals surface area contributed by atoms with Gasteiger partial charge in [-0.2, -0.15) is 0 Å². The number of carbonyl (C=O) groups excluding carboxylic acids is 3. The molecule has 0 bridgehead atoms. The molecule has 10 heteroatoms. The third kappa shape index (κ3) is 7.72. The first-order valence-electron chi connectivity index (χ1n) is 11.3. The summed E-state index contributed by atoms with van der Waals surface area (Å²) in [6.07, 6.45) is 1.63. The summed E-state index contributed by atoms with van der Waals surface area (Å²) in [4.78, 5) is 39.9. The summed E-state index contributed by atoms with van der Waals surface area (Å²) in [6.45, 7) is 0. The molecule has 38 heavy (non-hydrogen) atoms. The maximum absolute atomic E-state index is 13.2. The van der Waals surface area contributed by atoms with Crippen LogP contribution in [0, 0.1) is 0 Å². The van der Waals surface area contributed by atoms with Crippen molar-refractivity contribution >= 4 is 81.5 Å². The number of thiophene rings is 1. The smallest absolute Gasteiger partial charge is 0.272 e. The number of amides is 3. The summed E-state index contributed by atoms with van der Waals surface area (Å²) < 4.78 is 0. The molecule has 0 atom stereocenters. The SMILES string of the molecule is O=C(CSc1cccc(NC(=O)/C(=C/c2cccs2)NC(=O)c2ccccc2)c1)Nc1cccc(Cl)c1Cl. The molecular formula is C28H21Cl2N3O3S2. The molecule has 0 radical (unpaired) electrons. The highest BCUT2D eigenvalue weighted by Gasteiger charge is 2.16. The van der Waals surface area contributed by atoms with Crippen molar-refractivity contribution in [2.24, 2.45) is 0 Å². The molecule has 0 aliphatic rings. The van der Waals surface area contributed by atoms with Gasteiger partial charge in [0.15, 0.2) is 0 Å². The number of anilines is 2. The molecule has 0 aliphatic carbocycles. The van der Waals surface area contributed by atoms with Crippen molar-refractivity contribution in [3.63, 3.8) is 0 Å². The summed E-state index contributed by atoms with van der Waals surface area (Å²) in [6, 6.07) is 24.5. The summed E-state index contributed by atoms with van der Waals surface area (Å²) in [7, 11) is 0. The molecule has 3 amide bonds. The fraction of sp³-hybridized carbons (Fsp3) is 0.0357. The van der Waals surface area contributed by atoms with Gasteiger partial charge < -0.3 is 16.0 Å². The van der Waals surface area contributed by atoms with Gasteiger partial charge in [-0.1, -0.05) is 59.6 Å². The molecule has 0 fully saturated rings. The van der Waals surface area contributed by atoms with Crippen LogP contribution in [0.3, 0.4) is 0 Å². The predicted octanol–water partition coefficient (Wildman–Crippen LogP) is 7.20. The number of carbonyl (C=O) groups is 3. The Morgan fingerprint density at radius 1 is 0.868 bits per heavy atom. The van der Waals surface area contributed by atoms with E-state index in [0.29, 0.717) is 22.0 Å². The Morgan fingerprint density at radius 2 is 1.66 bits per heavy atom. The first kappa shape index (κ1) is 27.5. The van der Waals surface area contributed by atoms with Crippen LogP contribution in [0.1, 0.15) is 15.2 Å². The minimum Gasteiger partial charge on any atom is -0.324 e. The van der Waals surface area contributed by atoms with Crippen molar-refractivity contribution in [3.05, 3.63) is 116 Å². The number of hydrogen-bond acceptors (Lipinski definition) is 5. The summed E-state index contributed by atoms with van der Waals surface area (Å²) in [5, 5.41) is 10.8. The lowest BCUT2D eigenvalue weighted by molar-refractivity contribution is -0.114. The molecule has 0 saturated heterocycles. The Bertz CT molecular complexity index is 1480. The minimum absolute atomic E-state index is 0.108. The number of halogens is 2. The molecule has 0 unspecified atom stereocenters. The zero-order chi connectivity index (χ0) is 26.9. The second-order valence-corrected chi connectivity index (χ2v) is 10.6. The van der Waals surface area contributed by atoms with Gasteiger partial charge in [0.2, 0.25) is 5.91 Å². The van der Waals surface area contributed by atoms with Crippen LogP contribution in [-0.2, 0) is 9.59 Å². The highest BCUT2D eigenvalue weighted by atomic mass is 35.5. The van der Waals surface area contributed by atoms with Gasteiger partial charge in [0.05, 0.1) is 21.5 Å². The van der Waals surface area contributed by atoms with Crippen molar-refractivity contribution in [1.82, 2.24) is 5.32 Å². The molecule has 3 aromatic carbocycles. The van der Waals surface area contributed by atoms with E-state index < -0.39 is 11.8 Å². The third-order valence-corrected chi connectivity index (χ3v) is 7.68. The van der Waals surface area contributed by atoms with E-state index in [4.69, 9.17) is 23.2 Å². The van der Waals surface area contributed by atoms with Crippen molar-refractivity contribution in [1.29, 1.82) is 0 Å². The Balaban J connectivity index is 1.41. The Labute approximate surface area is 238 Å². The lowest BCUT2D eigenvalue weighted by Crippen LogP contribution is -2.30. The van der Waals surface area contributed by atoms with Gasteiger partial charge in [0.1, 0.15) is 5.70 Å². The van der Waals surface area contributed by atoms with E-state index in [1.807, 2.05) is 29.6 Å². The van der Waals surface area contributed by atoms with Crippen molar-refractivity contribution in [2.45, 2.75) is 4.90 Å². The van der Waals surface area contributed by atoms with Gasteiger partial charge in [-0.3, -0.25) is 14.4 Å². The fourth-order valence-corrected chi connectivity index (χ4v) is 5.02. The normalized spacial score (nSPS) is 11.1. The molecule has 0 aliphatic heterocycles. The Morgan fingerprint density at radius 3 is 2.42 bits per heavy atom. The monoisotopic (exact) mass is 581 g/mol. The fourth-order valence-electron chi connectivity index (χ4n) is 3.26. The molecule has 3 N–H and O–H groups in total. The number of nitrogens with one attached hydrogen (secondary N) is 3. The van der Waals surface area contributed by atoms with Crippen LogP contribution in [0.4, 0.5) is 11.4 Å². The van der Waals surface area contributed by atoms with E-state index in [1.165, 1.54) is 23.1 Å². The Hall–Kier alpha value is -3.56. The lowest BCUT2D eigenvalue weighted by Gasteiger charge is -2.12. The molecule has 192 valence electrons. The molecule has 0 saturated carbocycles. The summed E-state index contributed by atoms with van der Waals surface area (Å²) in [5.41, 5.74) is 1.50. The molecule has 6 nitrogen and oxygen atoms in total. The molecular weight excluding hydrogens is 561 g/mol. The van der Waals surface area contributed by atoms with E-state index in [2.05, 4.69) is 16.0 Å². The van der Waals surface area contributed by atoms with Crippen molar-refractivity contribution < 1.29 is 14.4 Å². The van der Waals surface area contributed by atoms with Crippen LogP contribution in [0.15, 0.2) is 101 Å². The standard InChI is InChI=1S/C28H21Cl2N3O3S2/c29-22-12-5-13-23(26(22)30)32-25(34)17-38-20-10-4-9-19(15-20)31-28(36)24(16-21-11-6-14-37-21)33-27(35)18-7-2-1-3-8-18/h1-16H,17H2,(H,31,36)(H,32,34)(H,33,35)/b24-16-. The topological polar surface area (TPSA) is 87.3 Å². The van der Waals surface area contributed by atoms with Gasteiger partial charge >= 0.3 is 0 Å². The average molecular weight is 583 g/mol. The maximum Gasteiger partial charge on any atom is 0.272 e. The minimum atomic E-state index is -0.474. The van der Waals surface area contributed by atoms with Gasteiger partial charge in [0, 0.05) is 21.0 Å². The van der Waals surface area contributed by atoms with Crippen LogP contribution < -0.4 is 16.0 Å². The van der Waals surface area contributed by atoms with E-state index in [9.17, 15) is 14.4 Å². The molecule has 4 aromatic rings. The van der Waals surface area contributed by atoms with Crippen LogP contribution >= 0.6 is 46.3 Å². The average Bonchev–Trinajstić information content (AvgIpc) is 3.44. The van der Waals surface area contributed by atoms with Gasteiger partial charge in [0.25, 0.3) is 11.8 Å². The lowest BCUT2D eigenvalue weighted by atomic mass is 10.2. The third-order valence-electron chi connectivity index (χ3n) is 5.05. The zero-order valence-corrected chi connectivity index (χ0v) is 22.9. The van der Waals surface area contributed by atoms with E-state index in [0.717, 1.165) is 9.77 Å². The van der Waals surface area contributed by atoms with Crippen LogP contribution in [0.5, 0.6) is 0 Å². The van der Waals surface area contributed by atoms with Gasteiger partial charge in [-0.05, 0) is 60.0 Å².